The number of hydrogen-bond donors (Lipinski definition) is 1. The molecule has 0 bridgehead atoms. The second-order valence-corrected chi connectivity index (χ2v) is 3.65. The fourth-order valence-electron chi connectivity index (χ4n) is 1.53. The lowest BCUT2D eigenvalue weighted by Gasteiger charge is -2.04. The minimum atomic E-state index is 0.690. The zero-order chi connectivity index (χ0) is 12.1. The molecular weight excluding hydrogens is 216 g/mol. The first kappa shape index (κ1) is 11.4. The van der Waals surface area contributed by atoms with Crippen LogP contribution in [0.5, 0.6) is 0 Å². The fraction of sp³-hybridized carbons (Fsp3) is 0.364. The SMILES string of the molecule is C=CCn1cc(CNc2nncn2CC)cn1. The molecule has 6 heteroatoms. The molecule has 2 aromatic rings. The standard InChI is InChI=1S/C11H16N6/c1-3-5-17-8-10(7-14-17)6-12-11-15-13-9-16(11)4-2/h3,7-9H,1,4-6H2,2H3,(H,12,15). The molecule has 1 N–H and O–H groups in total. The van der Waals surface area contributed by atoms with Crippen molar-refractivity contribution in [2.75, 3.05) is 5.32 Å². The Morgan fingerprint density at radius 2 is 2.41 bits per heavy atom. The summed E-state index contributed by atoms with van der Waals surface area (Å²) in [7, 11) is 0. The summed E-state index contributed by atoms with van der Waals surface area (Å²) in [6, 6.07) is 0. The van der Waals surface area contributed by atoms with Gasteiger partial charge in [-0.15, -0.1) is 16.8 Å². The van der Waals surface area contributed by atoms with Crippen molar-refractivity contribution in [1.82, 2.24) is 24.5 Å². The average Bonchev–Trinajstić information content (AvgIpc) is 2.95. The highest BCUT2D eigenvalue weighted by atomic mass is 15.3. The number of aryl methyl sites for hydroxylation is 1. The molecule has 2 aromatic heterocycles. The highest BCUT2D eigenvalue weighted by molar-refractivity contribution is 5.25. The molecule has 0 aliphatic carbocycles. The zero-order valence-corrected chi connectivity index (χ0v) is 9.87. The molecule has 0 aromatic carbocycles. The molecular formula is C11H16N6. The molecule has 0 saturated carbocycles. The Labute approximate surface area is 100.0 Å². The van der Waals surface area contributed by atoms with Crippen molar-refractivity contribution >= 4 is 5.95 Å². The van der Waals surface area contributed by atoms with E-state index >= 15 is 0 Å². The Morgan fingerprint density at radius 3 is 3.18 bits per heavy atom. The molecule has 0 saturated heterocycles. The summed E-state index contributed by atoms with van der Waals surface area (Å²) < 4.78 is 3.79. The van der Waals surface area contributed by atoms with E-state index in [0.29, 0.717) is 6.54 Å². The van der Waals surface area contributed by atoms with Crippen LogP contribution in [0, 0.1) is 0 Å². The number of nitrogens with one attached hydrogen (secondary N) is 1. The second kappa shape index (κ2) is 5.29. The molecule has 0 fully saturated rings. The van der Waals surface area contributed by atoms with Crippen molar-refractivity contribution in [3.8, 4) is 0 Å². The van der Waals surface area contributed by atoms with E-state index in [2.05, 4.69) is 34.1 Å². The van der Waals surface area contributed by atoms with E-state index in [1.165, 1.54) is 0 Å². The van der Waals surface area contributed by atoms with Crippen molar-refractivity contribution in [2.24, 2.45) is 0 Å². The van der Waals surface area contributed by atoms with Crippen LogP contribution in [-0.2, 0) is 19.6 Å². The van der Waals surface area contributed by atoms with E-state index in [9.17, 15) is 0 Å². The quantitative estimate of drug-likeness (QED) is 0.762. The van der Waals surface area contributed by atoms with E-state index in [-0.39, 0.29) is 0 Å². The fourth-order valence-corrected chi connectivity index (χ4v) is 1.53. The van der Waals surface area contributed by atoms with Crippen LogP contribution in [0.3, 0.4) is 0 Å². The van der Waals surface area contributed by atoms with Crippen molar-refractivity contribution in [2.45, 2.75) is 26.6 Å². The Bertz CT molecular complexity index is 484. The van der Waals surface area contributed by atoms with Gasteiger partial charge in [0, 0.05) is 24.8 Å². The van der Waals surface area contributed by atoms with Crippen molar-refractivity contribution < 1.29 is 0 Å². The predicted molar refractivity (Wildman–Crippen MR) is 65.4 cm³/mol. The molecule has 2 rings (SSSR count). The number of aromatic nitrogens is 5. The van der Waals surface area contributed by atoms with Crippen molar-refractivity contribution in [3.63, 3.8) is 0 Å². The van der Waals surface area contributed by atoms with E-state index in [1.54, 1.807) is 6.33 Å². The smallest absolute Gasteiger partial charge is 0.224 e. The molecule has 90 valence electrons. The van der Waals surface area contributed by atoms with Gasteiger partial charge in [-0.1, -0.05) is 6.08 Å². The molecule has 17 heavy (non-hydrogen) atoms. The maximum absolute atomic E-state index is 4.21. The molecule has 2 heterocycles. The number of rotatable bonds is 6. The zero-order valence-electron chi connectivity index (χ0n) is 9.87. The Hall–Kier alpha value is -2.11. The molecule has 0 unspecified atom stereocenters. The van der Waals surface area contributed by atoms with Gasteiger partial charge < -0.3 is 9.88 Å². The summed E-state index contributed by atoms with van der Waals surface area (Å²) in [5.74, 6) is 0.781. The third-order valence-corrected chi connectivity index (χ3v) is 2.41. The molecule has 0 radical (unpaired) electrons. The van der Waals surface area contributed by atoms with Crippen LogP contribution in [-0.4, -0.2) is 24.5 Å². The van der Waals surface area contributed by atoms with E-state index in [0.717, 1.165) is 24.6 Å². The number of nitrogens with zero attached hydrogens (tertiary/aromatic N) is 5. The van der Waals surface area contributed by atoms with Gasteiger partial charge in [-0.25, -0.2) is 0 Å². The van der Waals surface area contributed by atoms with Crippen LogP contribution in [0.1, 0.15) is 12.5 Å². The lowest BCUT2D eigenvalue weighted by Crippen LogP contribution is -2.05. The molecule has 0 atom stereocenters. The largest absolute Gasteiger partial charge is 0.350 e. The van der Waals surface area contributed by atoms with Crippen LogP contribution >= 0.6 is 0 Å². The van der Waals surface area contributed by atoms with Crippen molar-refractivity contribution in [3.05, 3.63) is 36.9 Å². The maximum Gasteiger partial charge on any atom is 0.224 e. The second-order valence-electron chi connectivity index (χ2n) is 3.65. The van der Waals surface area contributed by atoms with Gasteiger partial charge in [0.15, 0.2) is 0 Å². The maximum atomic E-state index is 4.21. The van der Waals surface area contributed by atoms with Gasteiger partial charge in [0.2, 0.25) is 5.95 Å². The topological polar surface area (TPSA) is 60.6 Å². The summed E-state index contributed by atoms with van der Waals surface area (Å²) in [5, 5.41) is 15.3. The normalized spacial score (nSPS) is 10.4. The number of allylic oxidation sites excluding steroid dienone is 1. The van der Waals surface area contributed by atoms with Crippen LogP contribution in [0.15, 0.2) is 31.4 Å². The molecule has 0 spiro atoms. The van der Waals surface area contributed by atoms with Gasteiger partial charge in [-0.3, -0.25) is 4.68 Å². The highest BCUT2D eigenvalue weighted by Gasteiger charge is 2.02. The molecule has 0 aliphatic rings. The van der Waals surface area contributed by atoms with Crippen LogP contribution < -0.4 is 5.32 Å². The van der Waals surface area contributed by atoms with E-state index in [4.69, 9.17) is 0 Å². The molecule has 0 amide bonds. The van der Waals surface area contributed by atoms with Gasteiger partial charge in [0.05, 0.1) is 12.7 Å². The predicted octanol–water partition coefficient (Wildman–Crippen LogP) is 1.29. The third-order valence-electron chi connectivity index (χ3n) is 2.41. The number of hydrogen-bond acceptors (Lipinski definition) is 4. The monoisotopic (exact) mass is 232 g/mol. The van der Waals surface area contributed by atoms with Gasteiger partial charge in [0.25, 0.3) is 0 Å². The lowest BCUT2D eigenvalue weighted by atomic mass is 10.3. The van der Waals surface area contributed by atoms with Crippen LogP contribution in [0.4, 0.5) is 5.95 Å². The Morgan fingerprint density at radius 1 is 1.53 bits per heavy atom. The summed E-state index contributed by atoms with van der Waals surface area (Å²) in [5.41, 5.74) is 1.11. The van der Waals surface area contributed by atoms with E-state index in [1.807, 2.05) is 27.7 Å². The minimum Gasteiger partial charge on any atom is -0.350 e. The summed E-state index contributed by atoms with van der Waals surface area (Å²) in [6.07, 6.45) is 7.35. The highest BCUT2D eigenvalue weighted by Crippen LogP contribution is 2.05. The van der Waals surface area contributed by atoms with Crippen molar-refractivity contribution in [1.29, 1.82) is 0 Å². The Kier molecular flexibility index (Phi) is 3.54. The molecule has 0 aliphatic heterocycles. The Balaban J connectivity index is 1.95. The van der Waals surface area contributed by atoms with E-state index < -0.39 is 0 Å². The molecule has 6 nitrogen and oxygen atoms in total. The van der Waals surface area contributed by atoms with Crippen LogP contribution in [0.2, 0.25) is 0 Å². The van der Waals surface area contributed by atoms with Crippen LogP contribution in [0.25, 0.3) is 0 Å². The van der Waals surface area contributed by atoms with Gasteiger partial charge in [-0.2, -0.15) is 5.10 Å². The lowest BCUT2D eigenvalue weighted by molar-refractivity contribution is 0.702. The number of anilines is 1. The van der Waals surface area contributed by atoms with Gasteiger partial charge in [-0.05, 0) is 6.92 Å². The third kappa shape index (κ3) is 2.72. The minimum absolute atomic E-state index is 0.690. The average molecular weight is 232 g/mol. The summed E-state index contributed by atoms with van der Waals surface area (Å²) in [6.45, 7) is 8.00. The van der Waals surface area contributed by atoms with Gasteiger partial charge in [0.1, 0.15) is 6.33 Å². The first-order valence-electron chi connectivity index (χ1n) is 5.57. The van der Waals surface area contributed by atoms with Gasteiger partial charge >= 0.3 is 0 Å². The summed E-state index contributed by atoms with van der Waals surface area (Å²) >= 11 is 0. The first-order chi connectivity index (χ1) is 8.33. The first-order valence-corrected chi connectivity index (χ1v) is 5.57. The summed E-state index contributed by atoms with van der Waals surface area (Å²) in [4.78, 5) is 0.